The van der Waals surface area contributed by atoms with Crippen molar-refractivity contribution in [2.45, 2.75) is 77.0 Å². The lowest BCUT2D eigenvalue weighted by Crippen LogP contribution is -2.62. The number of phenols is 1. The van der Waals surface area contributed by atoms with E-state index < -0.39 is 0 Å². The Morgan fingerprint density at radius 2 is 2.07 bits per heavy atom. The van der Waals surface area contributed by atoms with Crippen LogP contribution < -0.4 is 0 Å². The predicted octanol–water partition coefficient (Wildman–Crippen LogP) is 3.54. The quantitative estimate of drug-likeness (QED) is 0.724. The molecule has 2 fully saturated rings. The highest BCUT2D eigenvalue weighted by atomic mass is 16.5. The average Bonchev–Trinajstić information content (AvgIpc) is 3.17. The number of aromatic amines is 1. The summed E-state index contributed by atoms with van der Waals surface area (Å²) in [4.78, 5) is 18.4. The number of aromatic hydroxyl groups is 1. The number of hydrogen-bond donors (Lipinski definition) is 2. The molecule has 0 spiro atoms. The molecule has 2 saturated heterocycles. The molecule has 1 amide bonds. The van der Waals surface area contributed by atoms with E-state index in [1.165, 1.54) is 12.8 Å². The fourth-order valence-corrected chi connectivity index (χ4v) is 5.15. The number of aromatic nitrogens is 2. The molecule has 7 heteroatoms. The lowest BCUT2D eigenvalue weighted by atomic mass is 9.87. The molecule has 0 saturated carbocycles. The summed E-state index contributed by atoms with van der Waals surface area (Å²) in [5.74, 6) is -0.00328. The molecule has 7 nitrogen and oxygen atoms in total. The van der Waals surface area contributed by atoms with Gasteiger partial charge in [0.2, 0.25) is 0 Å². The standard InChI is InChI=1S/C23H34N4O3/c1-4-6-10-26-17-11-16(12-18(26)14-30-13-17)27(15(3)5-2)23(29)22-21-19(24-25-22)8-7-9-20(21)28/h7-9,15-18,28H,4-6,10-14H2,1-3H3,(H,24,25)/t15?,16?,17-,18?/m0/s1. The number of unbranched alkanes of at least 4 members (excludes halogenated alkanes) is 1. The maximum absolute atomic E-state index is 13.7. The van der Waals surface area contributed by atoms with Crippen molar-refractivity contribution in [2.24, 2.45) is 0 Å². The van der Waals surface area contributed by atoms with E-state index >= 15 is 0 Å². The van der Waals surface area contributed by atoms with Crippen molar-refractivity contribution in [3.8, 4) is 5.75 Å². The van der Waals surface area contributed by atoms with E-state index in [1.807, 2.05) is 11.0 Å². The van der Waals surface area contributed by atoms with E-state index in [4.69, 9.17) is 4.74 Å². The smallest absolute Gasteiger partial charge is 0.275 e. The van der Waals surface area contributed by atoms with Gasteiger partial charge in [-0.25, -0.2) is 0 Å². The van der Waals surface area contributed by atoms with Crippen LogP contribution in [0.4, 0.5) is 0 Å². The summed E-state index contributed by atoms with van der Waals surface area (Å²) in [5.41, 5.74) is 1.00. The van der Waals surface area contributed by atoms with Crippen LogP contribution >= 0.6 is 0 Å². The van der Waals surface area contributed by atoms with Crippen molar-refractivity contribution in [2.75, 3.05) is 19.8 Å². The van der Waals surface area contributed by atoms with Crippen LogP contribution in [0.5, 0.6) is 5.75 Å². The third kappa shape index (κ3) is 3.81. The van der Waals surface area contributed by atoms with Crippen LogP contribution in [0.2, 0.25) is 0 Å². The molecule has 2 aliphatic heterocycles. The first-order chi connectivity index (χ1) is 14.5. The Kier molecular flexibility index (Phi) is 6.29. The minimum atomic E-state index is -0.0944. The molecule has 2 bridgehead atoms. The number of H-pyrrole nitrogens is 1. The van der Waals surface area contributed by atoms with Crippen molar-refractivity contribution in [1.29, 1.82) is 0 Å². The van der Waals surface area contributed by atoms with Crippen LogP contribution in [-0.2, 0) is 4.74 Å². The maximum Gasteiger partial charge on any atom is 0.275 e. The van der Waals surface area contributed by atoms with Gasteiger partial charge in [-0.15, -0.1) is 0 Å². The number of carbonyl (C=O) groups is 1. The number of phenolic OH excluding ortho intramolecular Hbond substituents is 1. The Morgan fingerprint density at radius 3 is 2.73 bits per heavy atom. The topological polar surface area (TPSA) is 81.7 Å². The second kappa shape index (κ2) is 8.94. The lowest BCUT2D eigenvalue weighted by Gasteiger charge is -2.51. The SMILES string of the molecule is CCCCN1C2COC[C@@H]1CC(N(C(=O)c1n[nH]c3cccc(O)c13)C(C)CC)C2. The third-order valence-corrected chi connectivity index (χ3v) is 6.88. The van der Waals surface area contributed by atoms with Crippen molar-refractivity contribution in [3.63, 3.8) is 0 Å². The number of morpholine rings is 1. The van der Waals surface area contributed by atoms with Crippen LogP contribution in [0, 0.1) is 0 Å². The van der Waals surface area contributed by atoms with Gasteiger partial charge in [0.15, 0.2) is 5.69 Å². The minimum Gasteiger partial charge on any atom is -0.507 e. The van der Waals surface area contributed by atoms with E-state index in [2.05, 4.69) is 35.9 Å². The summed E-state index contributed by atoms with van der Waals surface area (Å²) in [7, 11) is 0. The number of rotatable bonds is 7. The van der Waals surface area contributed by atoms with Crippen LogP contribution in [0.3, 0.4) is 0 Å². The second-order valence-electron chi connectivity index (χ2n) is 8.80. The van der Waals surface area contributed by atoms with Crippen LogP contribution in [0.15, 0.2) is 18.2 Å². The van der Waals surface area contributed by atoms with Gasteiger partial charge in [-0.3, -0.25) is 14.8 Å². The molecular weight excluding hydrogens is 380 g/mol. The van der Waals surface area contributed by atoms with Gasteiger partial charge in [0.25, 0.3) is 5.91 Å². The summed E-state index contributed by atoms with van der Waals surface area (Å²) >= 11 is 0. The Bertz CT molecular complexity index is 868. The van der Waals surface area contributed by atoms with Crippen LogP contribution in [0.25, 0.3) is 10.9 Å². The number of fused-ring (bicyclic) bond motifs is 3. The van der Waals surface area contributed by atoms with Crippen LogP contribution in [-0.4, -0.2) is 74.9 Å². The van der Waals surface area contributed by atoms with Gasteiger partial charge in [-0.1, -0.05) is 26.3 Å². The maximum atomic E-state index is 13.7. The lowest BCUT2D eigenvalue weighted by molar-refractivity contribution is -0.0941. The zero-order valence-corrected chi connectivity index (χ0v) is 18.3. The number of amides is 1. The number of hydrogen-bond acceptors (Lipinski definition) is 5. The van der Waals surface area contributed by atoms with Gasteiger partial charge < -0.3 is 14.7 Å². The van der Waals surface area contributed by atoms with Gasteiger partial charge in [0, 0.05) is 24.2 Å². The average molecular weight is 415 g/mol. The number of ether oxygens (including phenoxy) is 1. The Morgan fingerprint density at radius 1 is 1.33 bits per heavy atom. The van der Waals surface area contributed by atoms with Gasteiger partial charge in [-0.2, -0.15) is 5.10 Å². The summed E-state index contributed by atoms with van der Waals surface area (Å²) in [6.07, 6.45) is 5.11. The van der Waals surface area contributed by atoms with Gasteiger partial charge in [0.05, 0.1) is 24.1 Å². The van der Waals surface area contributed by atoms with E-state index in [0.29, 0.717) is 28.7 Å². The molecule has 3 unspecified atom stereocenters. The largest absolute Gasteiger partial charge is 0.507 e. The Labute approximate surface area is 178 Å². The van der Waals surface area contributed by atoms with Gasteiger partial charge in [-0.05, 0) is 51.3 Å². The highest BCUT2D eigenvalue weighted by Gasteiger charge is 2.43. The molecule has 0 radical (unpaired) electrons. The first kappa shape index (κ1) is 21.1. The normalized spacial score (nSPS) is 25.4. The predicted molar refractivity (Wildman–Crippen MR) is 117 cm³/mol. The highest BCUT2D eigenvalue weighted by Crippen LogP contribution is 2.34. The van der Waals surface area contributed by atoms with E-state index in [9.17, 15) is 9.90 Å². The molecular formula is C23H34N4O3. The fraction of sp³-hybridized carbons (Fsp3) is 0.652. The molecule has 2 aliphatic rings. The molecule has 2 N–H and O–H groups in total. The number of piperidine rings is 1. The zero-order valence-electron chi connectivity index (χ0n) is 18.3. The molecule has 2 aromatic rings. The summed E-state index contributed by atoms with van der Waals surface area (Å²) in [6, 6.07) is 6.17. The molecule has 1 aromatic heterocycles. The first-order valence-electron chi connectivity index (χ1n) is 11.4. The number of benzene rings is 1. The zero-order chi connectivity index (χ0) is 21.3. The number of nitrogens with zero attached hydrogens (tertiary/aromatic N) is 3. The monoisotopic (exact) mass is 414 g/mol. The number of nitrogens with one attached hydrogen (secondary N) is 1. The van der Waals surface area contributed by atoms with E-state index in [1.54, 1.807) is 12.1 Å². The number of carbonyl (C=O) groups excluding carboxylic acids is 1. The Hall–Kier alpha value is -2.12. The van der Waals surface area contributed by atoms with Crippen molar-refractivity contribution < 1.29 is 14.6 Å². The minimum absolute atomic E-state index is 0.0911. The Balaban J connectivity index is 1.63. The van der Waals surface area contributed by atoms with Crippen molar-refractivity contribution in [1.82, 2.24) is 20.0 Å². The second-order valence-corrected chi connectivity index (χ2v) is 8.80. The molecule has 4 rings (SSSR count). The van der Waals surface area contributed by atoms with E-state index in [0.717, 1.165) is 39.0 Å². The molecule has 3 heterocycles. The third-order valence-electron chi connectivity index (χ3n) is 6.88. The molecule has 164 valence electrons. The summed E-state index contributed by atoms with van der Waals surface area (Å²) < 4.78 is 5.87. The molecule has 4 atom stereocenters. The molecule has 1 aromatic carbocycles. The van der Waals surface area contributed by atoms with E-state index in [-0.39, 0.29) is 23.7 Å². The fourth-order valence-electron chi connectivity index (χ4n) is 5.15. The van der Waals surface area contributed by atoms with Crippen molar-refractivity contribution >= 4 is 16.8 Å². The van der Waals surface area contributed by atoms with Gasteiger partial charge >= 0.3 is 0 Å². The molecule has 0 aliphatic carbocycles. The van der Waals surface area contributed by atoms with Crippen molar-refractivity contribution in [3.05, 3.63) is 23.9 Å². The summed E-state index contributed by atoms with van der Waals surface area (Å²) in [5, 5.41) is 18.1. The summed E-state index contributed by atoms with van der Waals surface area (Å²) in [6.45, 7) is 9.05. The molecule has 30 heavy (non-hydrogen) atoms. The van der Waals surface area contributed by atoms with Gasteiger partial charge in [0.1, 0.15) is 5.75 Å². The van der Waals surface area contributed by atoms with Crippen LogP contribution in [0.1, 0.15) is 63.4 Å². The first-order valence-corrected chi connectivity index (χ1v) is 11.4. The highest BCUT2D eigenvalue weighted by molar-refractivity contribution is 6.07.